The number of benzene rings is 1. The molecule has 0 bridgehead atoms. The highest BCUT2D eigenvalue weighted by molar-refractivity contribution is 9.10. The maximum atomic E-state index is 13.6. The molecule has 2 aromatic rings. The summed E-state index contributed by atoms with van der Waals surface area (Å²) in [5.74, 6) is 1.91. The van der Waals surface area contributed by atoms with Gasteiger partial charge in [0.05, 0.1) is 22.2 Å². The van der Waals surface area contributed by atoms with Crippen molar-refractivity contribution in [3.63, 3.8) is 0 Å². The SMILES string of the molecule is C#Cc1c(N[N+](O)(S)c2cc(Cl)cnc2OC)ccc(F)c1Br. The summed E-state index contributed by atoms with van der Waals surface area (Å²) in [4.78, 5) is 3.95. The van der Waals surface area contributed by atoms with E-state index in [1.165, 1.54) is 31.5 Å². The predicted octanol–water partition coefficient (Wildman–Crippen LogP) is 4.19. The molecule has 5 nitrogen and oxygen atoms in total. The first-order chi connectivity index (χ1) is 10.8. The Morgan fingerprint density at radius 3 is 2.87 bits per heavy atom. The minimum Gasteiger partial charge on any atom is -0.477 e. The third kappa shape index (κ3) is 3.71. The van der Waals surface area contributed by atoms with Crippen molar-refractivity contribution in [3.05, 3.63) is 45.3 Å². The standard InChI is InChI=1S/C14H11BrClFN3O2S/c1-3-9-11(5-4-10(17)13(9)15)19-20(21,23)12-6-8(16)7-18-14(12)22-2/h1,4-7,19,21,23H,2H3/q+1. The van der Waals surface area contributed by atoms with Crippen LogP contribution in [0.1, 0.15) is 5.56 Å². The fourth-order valence-corrected chi connectivity index (χ4v) is 2.67. The van der Waals surface area contributed by atoms with E-state index in [2.05, 4.69) is 45.1 Å². The third-order valence-corrected chi connectivity index (χ3v) is 4.14. The van der Waals surface area contributed by atoms with Gasteiger partial charge in [0.2, 0.25) is 0 Å². The zero-order valence-electron chi connectivity index (χ0n) is 11.7. The maximum Gasteiger partial charge on any atom is 0.283 e. The average molecular weight is 420 g/mol. The highest BCUT2D eigenvalue weighted by Crippen LogP contribution is 2.36. The molecule has 1 atom stereocenters. The summed E-state index contributed by atoms with van der Waals surface area (Å²) >= 11 is 13.1. The van der Waals surface area contributed by atoms with Gasteiger partial charge in [-0.1, -0.05) is 17.5 Å². The van der Waals surface area contributed by atoms with E-state index in [0.29, 0.717) is 0 Å². The second-order valence-corrected chi connectivity index (χ2v) is 6.13. The van der Waals surface area contributed by atoms with Crippen molar-refractivity contribution < 1.29 is 14.3 Å². The molecular formula is C14H11BrClFN3O2S+. The van der Waals surface area contributed by atoms with Gasteiger partial charge in [-0.2, -0.15) is 10.6 Å². The van der Waals surface area contributed by atoms with Crippen LogP contribution in [0.5, 0.6) is 5.88 Å². The first-order valence-corrected chi connectivity index (χ1v) is 7.64. The molecular weight excluding hydrogens is 409 g/mol. The molecule has 1 heterocycles. The molecule has 23 heavy (non-hydrogen) atoms. The van der Waals surface area contributed by atoms with Crippen LogP contribution < -0.4 is 14.3 Å². The Labute approximate surface area is 151 Å². The van der Waals surface area contributed by atoms with Crippen LogP contribution in [0.15, 0.2) is 28.9 Å². The second kappa shape index (κ2) is 6.95. The van der Waals surface area contributed by atoms with Gasteiger partial charge in [0.15, 0.2) is 0 Å². The van der Waals surface area contributed by atoms with Crippen molar-refractivity contribution in [1.29, 1.82) is 0 Å². The molecule has 9 heteroatoms. The van der Waals surface area contributed by atoms with E-state index in [1.54, 1.807) is 0 Å². The quantitative estimate of drug-likeness (QED) is 0.301. The summed E-state index contributed by atoms with van der Waals surface area (Å²) < 4.78 is 17.6. The molecule has 0 fully saturated rings. The maximum absolute atomic E-state index is 13.6. The van der Waals surface area contributed by atoms with E-state index in [4.69, 9.17) is 22.8 Å². The van der Waals surface area contributed by atoms with Crippen LogP contribution >= 0.6 is 40.3 Å². The molecule has 0 saturated heterocycles. The molecule has 0 amide bonds. The molecule has 2 rings (SSSR count). The van der Waals surface area contributed by atoms with E-state index in [-0.39, 0.29) is 32.3 Å². The number of rotatable bonds is 4. The smallest absolute Gasteiger partial charge is 0.283 e. The fourth-order valence-electron chi connectivity index (χ4n) is 1.81. The van der Waals surface area contributed by atoms with E-state index in [9.17, 15) is 9.60 Å². The number of methoxy groups -OCH3 is 1. The van der Waals surface area contributed by atoms with Crippen LogP contribution in [0.25, 0.3) is 0 Å². The minimum atomic E-state index is -1.16. The number of halogens is 3. The summed E-state index contributed by atoms with van der Waals surface area (Å²) in [5.41, 5.74) is 3.23. The highest BCUT2D eigenvalue weighted by atomic mass is 79.9. The van der Waals surface area contributed by atoms with Gasteiger partial charge < -0.3 is 4.74 Å². The van der Waals surface area contributed by atoms with Crippen molar-refractivity contribution in [2.75, 3.05) is 12.5 Å². The molecule has 0 spiro atoms. The topological polar surface area (TPSA) is 54.4 Å². The number of pyridine rings is 1. The van der Waals surface area contributed by atoms with Crippen LogP contribution in [0, 0.1) is 18.2 Å². The van der Waals surface area contributed by atoms with Gasteiger partial charge in [-0.15, -0.1) is 6.42 Å². The summed E-state index contributed by atoms with van der Waals surface area (Å²) in [6.45, 7) is 0. The zero-order chi connectivity index (χ0) is 17.2. The number of ether oxygens (including phenoxy) is 1. The Balaban J connectivity index is 2.49. The zero-order valence-corrected chi connectivity index (χ0v) is 15.0. The Kier molecular flexibility index (Phi) is 5.39. The molecule has 1 aromatic heterocycles. The molecule has 0 saturated carbocycles. The summed E-state index contributed by atoms with van der Waals surface area (Å²) in [6, 6.07) is 3.98. The van der Waals surface area contributed by atoms with E-state index >= 15 is 0 Å². The van der Waals surface area contributed by atoms with Gasteiger partial charge in [-0.05, 0) is 28.1 Å². The van der Waals surface area contributed by atoms with Crippen molar-refractivity contribution in [2.24, 2.45) is 0 Å². The lowest BCUT2D eigenvalue weighted by Crippen LogP contribution is -2.42. The van der Waals surface area contributed by atoms with E-state index in [0.717, 1.165) is 0 Å². The Hall–Kier alpha value is -1.50. The molecule has 1 aromatic carbocycles. The Morgan fingerprint density at radius 1 is 1.57 bits per heavy atom. The van der Waals surface area contributed by atoms with Crippen LogP contribution in [0.3, 0.4) is 0 Å². The van der Waals surface area contributed by atoms with Gasteiger partial charge >= 0.3 is 0 Å². The lowest BCUT2D eigenvalue weighted by molar-refractivity contribution is 0.0500. The monoisotopic (exact) mass is 418 g/mol. The summed E-state index contributed by atoms with van der Waals surface area (Å²) in [6.07, 6.45) is 6.76. The van der Waals surface area contributed by atoms with Crippen molar-refractivity contribution >= 4 is 51.7 Å². The lowest BCUT2D eigenvalue weighted by Gasteiger charge is -2.24. The predicted molar refractivity (Wildman–Crippen MR) is 94.0 cm³/mol. The number of thiol groups is 1. The second-order valence-electron chi connectivity index (χ2n) is 4.32. The van der Waals surface area contributed by atoms with Crippen molar-refractivity contribution in [1.82, 2.24) is 9.14 Å². The van der Waals surface area contributed by atoms with Gasteiger partial charge in [0.25, 0.3) is 11.6 Å². The fraction of sp³-hybridized carbons (Fsp3) is 0.0714. The number of hydrogen-bond acceptors (Lipinski definition) is 5. The number of anilines is 1. The molecule has 2 N–H and O–H groups in total. The van der Waals surface area contributed by atoms with Gasteiger partial charge in [0.1, 0.15) is 24.3 Å². The number of nitrogens with one attached hydrogen (secondary N) is 1. The van der Waals surface area contributed by atoms with Crippen LogP contribution in [-0.4, -0.2) is 17.3 Å². The summed E-state index contributed by atoms with van der Waals surface area (Å²) in [5, 5.41) is 10.9. The average Bonchev–Trinajstić information content (AvgIpc) is 2.51. The number of nitrogens with zero attached hydrogens (tertiary/aromatic N) is 2. The van der Waals surface area contributed by atoms with Crippen LogP contribution in [0.2, 0.25) is 5.02 Å². The first kappa shape index (κ1) is 17.8. The molecule has 0 aliphatic carbocycles. The highest BCUT2D eigenvalue weighted by Gasteiger charge is 2.33. The normalized spacial score (nSPS) is 13.1. The lowest BCUT2D eigenvalue weighted by atomic mass is 10.2. The molecule has 0 aliphatic rings. The number of aromatic nitrogens is 1. The van der Waals surface area contributed by atoms with Gasteiger partial charge in [-0.25, -0.2) is 9.37 Å². The van der Waals surface area contributed by atoms with Gasteiger partial charge in [-0.3, -0.25) is 0 Å². The Morgan fingerprint density at radius 2 is 2.26 bits per heavy atom. The van der Waals surface area contributed by atoms with E-state index in [1.807, 2.05) is 0 Å². The molecule has 120 valence electrons. The molecule has 0 radical (unpaired) electrons. The number of terminal acetylenes is 1. The number of quaternary nitrogens is 1. The van der Waals surface area contributed by atoms with Crippen LogP contribution in [0.4, 0.5) is 15.8 Å². The van der Waals surface area contributed by atoms with Gasteiger partial charge in [0, 0.05) is 16.4 Å². The number of hydrogen-bond donors (Lipinski definition) is 3. The Bertz CT molecular complexity index is 798. The first-order valence-electron chi connectivity index (χ1n) is 6.07. The van der Waals surface area contributed by atoms with E-state index < -0.39 is 9.98 Å². The van der Waals surface area contributed by atoms with Crippen molar-refractivity contribution in [2.45, 2.75) is 0 Å². The third-order valence-electron chi connectivity index (χ3n) is 2.84. The molecule has 1 unspecified atom stereocenters. The summed E-state index contributed by atoms with van der Waals surface area (Å²) in [7, 11) is 1.38. The minimum absolute atomic E-state index is 0.0921. The molecule has 0 aliphatic heterocycles. The van der Waals surface area contributed by atoms with Crippen molar-refractivity contribution in [3.8, 4) is 18.2 Å². The van der Waals surface area contributed by atoms with Crippen LogP contribution in [-0.2, 0) is 0 Å². The largest absolute Gasteiger partial charge is 0.477 e.